The number of hydrogen-bond acceptors (Lipinski definition) is 5. The molecular formula is C14H19N3O3. The van der Waals surface area contributed by atoms with Crippen LogP contribution >= 0.6 is 0 Å². The molecule has 0 bridgehead atoms. The Morgan fingerprint density at radius 1 is 1.45 bits per heavy atom. The second-order valence-electron chi connectivity index (χ2n) is 4.97. The lowest BCUT2D eigenvalue weighted by molar-refractivity contribution is 0.118. The van der Waals surface area contributed by atoms with Crippen molar-refractivity contribution in [2.75, 3.05) is 27.7 Å². The third-order valence-corrected chi connectivity index (χ3v) is 3.02. The van der Waals surface area contributed by atoms with Crippen molar-refractivity contribution in [3.63, 3.8) is 0 Å². The van der Waals surface area contributed by atoms with E-state index in [0.29, 0.717) is 23.2 Å². The van der Waals surface area contributed by atoms with Crippen molar-refractivity contribution < 1.29 is 9.84 Å². The minimum absolute atomic E-state index is 0.203. The van der Waals surface area contributed by atoms with Crippen LogP contribution in [0, 0.1) is 0 Å². The molecule has 1 aromatic carbocycles. The van der Waals surface area contributed by atoms with E-state index in [1.165, 1.54) is 18.0 Å². The summed E-state index contributed by atoms with van der Waals surface area (Å²) in [6.07, 6.45) is 0.833. The molecule has 2 aromatic rings. The summed E-state index contributed by atoms with van der Waals surface area (Å²) < 4.78 is 6.62. The third-order valence-electron chi connectivity index (χ3n) is 3.02. The number of ether oxygens (including phenoxy) is 1. The number of nitrogens with zero attached hydrogens (tertiary/aromatic N) is 3. The first-order valence-corrected chi connectivity index (χ1v) is 6.38. The molecular weight excluding hydrogens is 258 g/mol. The smallest absolute Gasteiger partial charge is 0.265 e. The Morgan fingerprint density at radius 3 is 2.85 bits per heavy atom. The average Bonchev–Trinajstić information content (AvgIpc) is 2.40. The van der Waals surface area contributed by atoms with Gasteiger partial charge in [0, 0.05) is 6.54 Å². The molecule has 6 heteroatoms. The molecule has 108 valence electrons. The molecule has 0 unspecified atom stereocenters. The molecule has 0 aliphatic heterocycles. The lowest BCUT2D eigenvalue weighted by atomic mass is 10.2. The number of hydrogen-bond donors (Lipinski definition) is 1. The average molecular weight is 277 g/mol. The van der Waals surface area contributed by atoms with Gasteiger partial charge in [-0.2, -0.15) is 0 Å². The normalized spacial score (nSPS) is 12.8. The molecule has 0 saturated carbocycles. The fourth-order valence-electron chi connectivity index (χ4n) is 2.18. The maximum Gasteiger partial charge on any atom is 0.265 e. The summed E-state index contributed by atoms with van der Waals surface area (Å²) in [7, 11) is 5.26. The second-order valence-corrected chi connectivity index (χ2v) is 4.97. The summed E-state index contributed by atoms with van der Waals surface area (Å²) in [6.45, 7) is 0.689. The van der Waals surface area contributed by atoms with Crippen LogP contribution in [0.3, 0.4) is 0 Å². The molecule has 0 fully saturated rings. The summed E-state index contributed by atoms with van der Waals surface area (Å²) >= 11 is 0. The Labute approximate surface area is 117 Å². The minimum Gasteiger partial charge on any atom is -0.496 e. The molecule has 0 spiro atoms. The van der Waals surface area contributed by atoms with Crippen LogP contribution in [0.5, 0.6) is 5.75 Å². The van der Waals surface area contributed by atoms with Gasteiger partial charge in [0.25, 0.3) is 5.56 Å². The Kier molecular flexibility index (Phi) is 4.36. The standard InChI is InChI=1S/C14H19N3O3/c1-16(2)7-10(18)8-17-9-15-11-5-4-6-12(20-3)13(11)14(17)19/h4-6,9-10,18H,7-8H2,1-3H3/t10-/m1/s1. The van der Waals surface area contributed by atoms with Crippen LogP contribution in [-0.2, 0) is 6.54 Å². The van der Waals surface area contributed by atoms with Gasteiger partial charge in [0.05, 0.1) is 31.6 Å². The number of aliphatic hydroxyl groups is 1. The van der Waals surface area contributed by atoms with Crippen molar-refractivity contribution in [2.45, 2.75) is 12.6 Å². The fourth-order valence-corrected chi connectivity index (χ4v) is 2.18. The summed E-state index contributed by atoms with van der Waals surface area (Å²) in [4.78, 5) is 18.6. The zero-order valence-electron chi connectivity index (χ0n) is 11.9. The van der Waals surface area contributed by atoms with Crippen LogP contribution in [0.2, 0.25) is 0 Å². The van der Waals surface area contributed by atoms with E-state index in [4.69, 9.17) is 4.74 Å². The summed E-state index contributed by atoms with van der Waals surface area (Å²) in [6, 6.07) is 5.28. The monoisotopic (exact) mass is 277 g/mol. The Balaban J connectivity index is 2.41. The van der Waals surface area contributed by atoms with Gasteiger partial charge in [-0.15, -0.1) is 0 Å². The second kappa shape index (κ2) is 6.02. The van der Waals surface area contributed by atoms with E-state index in [1.807, 2.05) is 19.0 Å². The van der Waals surface area contributed by atoms with E-state index >= 15 is 0 Å². The van der Waals surface area contributed by atoms with E-state index in [2.05, 4.69) is 4.98 Å². The van der Waals surface area contributed by atoms with Gasteiger partial charge in [-0.1, -0.05) is 6.07 Å². The van der Waals surface area contributed by atoms with Gasteiger partial charge in [0.2, 0.25) is 0 Å². The molecule has 1 atom stereocenters. The first kappa shape index (κ1) is 14.5. The molecule has 1 heterocycles. The van der Waals surface area contributed by atoms with Gasteiger partial charge < -0.3 is 14.7 Å². The van der Waals surface area contributed by atoms with E-state index in [-0.39, 0.29) is 12.1 Å². The SMILES string of the molecule is COc1cccc2ncn(C[C@H](O)CN(C)C)c(=O)c12. The maximum atomic E-state index is 12.4. The predicted octanol–water partition coefficient (Wildman–Crippen LogP) is 0.328. The summed E-state index contributed by atoms with van der Waals surface area (Å²) in [5, 5.41) is 10.4. The lowest BCUT2D eigenvalue weighted by Crippen LogP contribution is -2.33. The van der Waals surface area contributed by atoms with Crippen LogP contribution in [0.4, 0.5) is 0 Å². The number of rotatable bonds is 5. The van der Waals surface area contributed by atoms with Crippen molar-refractivity contribution in [2.24, 2.45) is 0 Å². The van der Waals surface area contributed by atoms with E-state index < -0.39 is 6.10 Å². The van der Waals surface area contributed by atoms with Crippen molar-refractivity contribution in [1.82, 2.24) is 14.5 Å². The molecule has 0 aliphatic carbocycles. The highest BCUT2D eigenvalue weighted by Crippen LogP contribution is 2.19. The number of fused-ring (bicyclic) bond motifs is 1. The van der Waals surface area contributed by atoms with Crippen LogP contribution in [0.1, 0.15) is 0 Å². The fraction of sp³-hybridized carbons (Fsp3) is 0.429. The Hall–Kier alpha value is -1.92. The van der Waals surface area contributed by atoms with Crippen molar-refractivity contribution in [3.8, 4) is 5.75 Å². The molecule has 0 amide bonds. The topological polar surface area (TPSA) is 67.6 Å². The number of methoxy groups -OCH3 is 1. The van der Waals surface area contributed by atoms with Crippen molar-refractivity contribution in [3.05, 3.63) is 34.9 Å². The highest BCUT2D eigenvalue weighted by Gasteiger charge is 2.12. The third kappa shape index (κ3) is 2.97. The molecule has 1 aromatic heterocycles. The van der Waals surface area contributed by atoms with Gasteiger partial charge in [-0.05, 0) is 26.2 Å². The van der Waals surface area contributed by atoms with Crippen molar-refractivity contribution >= 4 is 10.9 Å². The Bertz CT molecular complexity index is 652. The van der Waals surface area contributed by atoms with Gasteiger partial charge in [0.15, 0.2) is 0 Å². The van der Waals surface area contributed by atoms with E-state index in [9.17, 15) is 9.90 Å². The zero-order valence-corrected chi connectivity index (χ0v) is 11.9. The molecule has 0 radical (unpaired) electrons. The molecule has 1 N–H and O–H groups in total. The highest BCUT2D eigenvalue weighted by molar-refractivity contribution is 5.83. The van der Waals surface area contributed by atoms with Crippen LogP contribution in [0.15, 0.2) is 29.3 Å². The first-order valence-electron chi connectivity index (χ1n) is 6.38. The van der Waals surface area contributed by atoms with Crippen molar-refractivity contribution in [1.29, 1.82) is 0 Å². The molecule has 20 heavy (non-hydrogen) atoms. The summed E-state index contributed by atoms with van der Waals surface area (Å²) in [5.41, 5.74) is 0.387. The number of aromatic nitrogens is 2. The van der Waals surface area contributed by atoms with Gasteiger partial charge >= 0.3 is 0 Å². The van der Waals surface area contributed by atoms with Crippen LogP contribution in [-0.4, -0.2) is 53.4 Å². The molecule has 0 aliphatic rings. The Morgan fingerprint density at radius 2 is 2.20 bits per heavy atom. The maximum absolute atomic E-state index is 12.4. The van der Waals surface area contributed by atoms with E-state index in [0.717, 1.165) is 0 Å². The minimum atomic E-state index is -0.628. The largest absolute Gasteiger partial charge is 0.496 e. The van der Waals surface area contributed by atoms with E-state index in [1.54, 1.807) is 18.2 Å². The zero-order chi connectivity index (χ0) is 14.7. The number of likely N-dealkylation sites (N-methyl/N-ethyl adjacent to an activating group) is 1. The predicted molar refractivity (Wildman–Crippen MR) is 77.1 cm³/mol. The summed E-state index contributed by atoms with van der Waals surface area (Å²) in [5.74, 6) is 0.497. The molecule has 0 saturated heterocycles. The first-order chi connectivity index (χ1) is 9.52. The quantitative estimate of drug-likeness (QED) is 0.853. The van der Waals surface area contributed by atoms with Crippen LogP contribution < -0.4 is 10.3 Å². The number of aliphatic hydroxyl groups excluding tert-OH is 1. The van der Waals surface area contributed by atoms with Gasteiger partial charge in [-0.3, -0.25) is 9.36 Å². The van der Waals surface area contributed by atoms with Crippen LogP contribution in [0.25, 0.3) is 10.9 Å². The highest BCUT2D eigenvalue weighted by atomic mass is 16.5. The lowest BCUT2D eigenvalue weighted by Gasteiger charge is -2.17. The number of benzene rings is 1. The van der Waals surface area contributed by atoms with Gasteiger partial charge in [-0.25, -0.2) is 4.98 Å². The molecule has 6 nitrogen and oxygen atoms in total. The van der Waals surface area contributed by atoms with Gasteiger partial charge in [0.1, 0.15) is 11.1 Å². The molecule has 2 rings (SSSR count).